The van der Waals surface area contributed by atoms with Crippen LogP contribution in [-0.2, 0) is 9.53 Å². The molecule has 1 aromatic rings. The molecule has 0 saturated heterocycles. The van der Waals surface area contributed by atoms with Crippen LogP contribution in [0, 0.1) is 0 Å². The van der Waals surface area contributed by atoms with E-state index in [0.29, 0.717) is 22.8 Å². The summed E-state index contributed by atoms with van der Waals surface area (Å²) in [5.74, 6) is 0.627. The second kappa shape index (κ2) is 9.00. The Labute approximate surface area is 142 Å². The number of rotatable bonds is 8. The van der Waals surface area contributed by atoms with Gasteiger partial charge in [0.2, 0.25) is 5.75 Å². The van der Waals surface area contributed by atoms with Crippen LogP contribution >= 0.6 is 0 Å². The molecule has 0 aliphatic heterocycles. The maximum absolute atomic E-state index is 12.8. The van der Waals surface area contributed by atoms with Crippen LogP contribution in [-0.4, -0.2) is 57.8 Å². The van der Waals surface area contributed by atoms with Crippen molar-refractivity contribution in [2.45, 2.75) is 26.3 Å². The summed E-state index contributed by atoms with van der Waals surface area (Å²) in [6.07, 6.45) is 0.130. The highest BCUT2D eigenvalue weighted by Gasteiger charge is 2.23. The first-order valence-corrected chi connectivity index (χ1v) is 7.57. The van der Waals surface area contributed by atoms with Crippen molar-refractivity contribution in [3.8, 4) is 17.2 Å². The second-order valence-electron chi connectivity index (χ2n) is 5.33. The van der Waals surface area contributed by atoms with E-state index in [0.717, 1.165) is 0 Å². The van der Waals surface area contributed by atoms with Crippen molar-refractivity contribution in [2.24, 2.45) is 0 Å². The van der Waals surface area contributed by atoms with E-state index in [9.17, 15) is 9.59 Å². The number of esters is 1. The summed E-state index contributed by atoms with van der Waals surface area (Å²) >= 11 is 0. The predicted octanol–water partition coefficient (Wildman–Crippen LogP) is 2.13. The highest BCUT2D eigenvalue weighted by atomic mass is 16.5. The molecule has 0 N–H and O–H groups in total. The molecule has 24 heavy (non-hydrogen) atoms. The Morgan fingerprint density at radius 2 is 1.54 bits per heavy atom. The number of methoxy groups -OCH3 is 4. The number of carbonyl (C=O) groups is 2. The molecule has 1 amide bonds. The summed E-state index contributed by atoms with van der Waals surface area (Å²) in [6.45, 7) is 4.03. The normalized spacial score (nSPS) is 10.3. The third kappa shape index (κ3) is 4.53. The average molecular weight is 339 g/mol. The van der Waals surface area contributed by atoms with Crippen molar-refractivity contribution in [3.05, 3.63) is 17.7 Å². The zero-order valence-corrected chi connectivity index (χ0v) is 15.0. The van der Waals surface area contributed by atoms with Gasteiger partial charge in [0.15, 0.2) is 11.5 Å². The van der Waals surface area contributed by atoms with Gasteiger partial charge < -0.3 is 23.8 Å². The van der Waals surface area contributed by atoms with Crippen molar-refractivity contribution in [2.75, 3.05) is 35.0 Å². The van der Waals surface area contributed by atoms with Crippen molar-refractivity contribution < 1.29 is 28.5 Å². The zero-order valence-electron chi connectivity index (χ0n) is 15.0. The van der Waals surface area contributed by atoms with E-state index >= 15 is 0 Å². The number of hydrogen-bond donors (Lipinski definition) is 0. The number of benzene rings is 1. The van der Waals surface area contributed by atoms with E-state index in [1.807, 2.05) is 13.8 Å². The zero-order chi connectivity index (χ0) is 18.3. The second-order valence-corrected chi connectivity index (χ2v) is 5.33. The Bertz CT molecular complexity index is 559. The van der Waals surface area contributed by atoms with Gasteiger partial charge in [-0.05, 0) is 26.0 Å². The summed E-state index contributed by atoms with van der Waals surface area (Å²) in [7, 11) is 5.80. The molecular weight excluding hydrogens is 314 g/mol. The van der Waals surface area contributed by atoms with Gasteiger partial charge in [0.05, 0.1) is 34.9 Å². The first kappa shape index (κ1) is 19.6. The minimum absolute atomic E-state index is 0.0822. The molecule has 0 spiro atoms. The first-order chi connectivity index (χ1) is 11.4. The lowest BCUT2D eigenvalue weighted by Crippen LogP contribution is -2.38. The van der Waals surface area contributed by atoms with E-state index in [-0.39, 0.29) is 30.9 Å². The molecular formula is C17H25NO6. The lowest BCUT2D eigenvalue weighted by Gasteiger charge is -2.27. The number of ether oxygens (including phenoxy) is 4. The van der Waals surface area contributed by atoms with Crippen molar-refractivity contribution in [1.82, 2.24) is 4.90 Å². The maximum atomic E-state index is 12.8. The summed E-state index contributed by atoms with van der Waals surface area (Å²) in [4.78, 5) is 25.8. The first-order valence-electron chi connectivity index (χ1n) is 7.57. The topological polar surface area (TPSA) is 74.3 Å². The van der Waals surface area contributed by atoms with E-state index < -0.39 is 0 Å². The molecule has 1 rings (SSSR count). The van der Waals surface area contributed by atoms with Crippen LogP contribution < -0.4 is 14.2 Å². The van der Waals surface area contributed by atoms with Crippen LogP contribution in [0.3, 0.4) is 0 Å². The Hall–Kier alpha value is -2.44. The molecule has 0 radical (unpaired) electrons. The van der Waals surface area contributed by atoms with Crippen LogP contribution in [0.15, 0.2) is 12.1 Å². The summed E-state index contributed by atoms with van der Waals surface area (Å²) in [5, 5.41) is 0. The molecule has 0 unspecified atom stereocenters. The molecule has 1 aromatic carbocycles. The number of amides is 1. The minimum atomic E-state index is -0.363. The van der Waals surface area contributed by atoms with Gasteiger partial charge in [0, 0.05) is 18.2 Å². The standard InChI is InChI=1S/C17H25NO6/c1-11(2)18(8-7-15(19)23-5)17(20)12-9-13(21-3)16(24-6)14(10-12)22-4/h9-11H,7-8H2,1-6H3. The van der Waals surface area contributed by atoms with E-state index in [1.54, 1.807) is 17.0 Å². The molecule has 0 bridgehead atoms. The molecule has 0 heterocycles. The fourth-order valence-corrected chi connectivity index (χ4v) is 2.28. The number of hydrogen-bond acceptors (Lipinski definition) is 6. The van der Waals surface area contributed by atoms with E-state index in [2.05, 4.69) is 4.74 Å². The highest BCUT2D eigenvalue weighted by molar-refractivity contribution is 5.96. The lowest BCUT2D eigenvalue weighted by molar-refractivity contribution is -0.140. The van der Waals surface area contributed by atoms with Crippen LogP contribution in [0.5, 0.6) is 17.2 Å². The van der Waals surface area contributed by atoms with Gasteiger partial charge in [-0.1, -0.05) is 0 Å². The SMILES string of the molecule is COC(=O)CCN(C(=O)c1cc(OC)c(OC)c(OC)c1)C(C)C. The van der Waals surface area contributed by atoms with Crippen molar-refractivity contribution >= 4 is 11.9 Å². The molecule has 0 aliphatic carbocycles. The Kier molecular flexibility index (Phi) is 7.35. The Morgan fingerprint density at radius 3 is 1.92 bits per heavy atom. The number of carbonyl (C=O) groups excluding carboxylic acids is 2. The molecule has 0 atom stereocenters. The summed E-state index contributed by atoms with van der Waals surface area (Å²) in [6, 6.07) is 3.11. The van der Waals surface area contributed by atoms with E-state index in [1.165, 1.54) is 28.4 Å². The van der Waals surface area contributed by atoms with Crippen molar-refractivity contribution in [3.63, 3.8) is 0 Å². The minimum Gasteiger partial charge on any atom is -0.493 e. The van der Waals surface area contributed by atoms with Gasteiger partial charge in [-0.2, -0.15) is 0 Å². The van der Waals surface area contributed by atoms with Crippen molar-refractivity contribution in [1.29, 1.82) is 0 Å². The smallest absolute Gasteiger partial charge is 0.307 e. The van der Waals surface area contributed by atoms with Gasteiger partial charge in [-0.15, -0.1) is 0 Å². The van der Waals surface area contributed by atoms with Crippen LogP contribution in [0.1, 0.15) is 30.6 Å². The number of nitrogens with zero attached hydrogens (tertiary/aromatic N) is 1. The van der Waals surface area contributed by atoms with Gasteiger partial charge in [-0.3, -0.25) is 9.59 Å². The lowest BCUT2D eigenvalue weighted by atomic mass is 10.1. The highest BCUT2D eigenvalue weighted by Crippen LogP contribution is 2.38. The van der Waals surface area contributed by atoms with Crippen LogP contribution in [0.4, 0.5) is 0 Å². The Morgan fingerprint density at radius 1 is 1.00 bits per heavy atom. The monoisotopic (exact) mass is 339 g/mol. The summed E-state index contributed by atoms with van der Waals surface area (Å²) < 4.78 is 20.4. The molecule has 7 nitrogen and oxygen atoms in total. The maximum Gasteiger partial charge on any atom is 0.307 e. The third-order valence-electron chi connectivity index (χ3n) is 3.58. The van der Waals surface area contributed by atoms with Crippen LogP contribution in [0.25, 0.3) is 0 Å². The fraction of sp³-hybridized carbons (Fsp3) is 0.529. The van der Waals surface area contributed by atoms with Gasteiger partial charge >= 0.3 is 5.97 Å². The predicted molar refractivity (Wildman–Crippen MR) is 88.9 cm³/mol. The van der Waals surface area contributed by atoms with Gasteiger partial charge in [0.25, 0.3) is 5.91 Å². The largest absolute Gasteiger partial charge is 0.493 e. The van der Waals surface area contributed by atoms with Gasteiger partial charge in [-0.25, -0.2) is 0 Å². The fourth-order valence-electron chi connectivity index (χ4n) is 2.28. The molecule has 0 fully saturated rings. The molecule has 134 valence electrons. The van der Waals surface area contributed by atoms with Gasteiger partial charge in [0.1, 0.15) is 0 Å². The average Bonchev–Trinajstić information content (AvgIpc) is 2.59. The molecule has 0 aliphatic rings. The Balaban J connectivity index is 3.16. The molecule has 0 aromatic heterocycles. The molecule has 0 saturated carbocycles. The molecule has 7 heteroatoms. The third-order valence-corrected chi connectivity index (χ3v) is 3.58. The van der Waals surface area contributed by atoms with E-state index in [4.69, 9.17) is 14.2 Å². The summed E-state index contributed by atoms with van der Waals surface area (Å²) in [5.41, 5.74) is 0.392. The van der Waals surface area contributed by atoms with Crippen LogP contribution in [0.2, 0.25) is 0 Å². The quantitative estimate of drug-likeness (QED) is 0.676.